The minimum absolute atomic E-state index is 0.157. The van der Waals surface area contributed by atoms with Crippen LogP contribution in [0, 0.1) is 0 Å². The molecule has 0 aliphatic heterocycles. The molecule has 0 aromatic heterocycles. The first-order valence-electron chi connectivity index (χ1n) is 5.30. The maximum absolute atomic E-state index is 10.8. The summed E-state index contributed by atoms with van der Waals surface area (Å²) in [5.74, 6) is -0.678. The summed E-state index contributed by atoms with van der Waals surface area (Å²) in [5.41, 5.74) is 0.647. The number of hydrogen-bond acceptors (Lipinski definition) is 3. The molecule has 0 spiro atoms. The van der Waals surface area contributed by atoms with Crippen LogP contribution in [0.3, 0.4) is 0 Å². The van der Waals surface area contributed by atoms with Gasteiger partial charge in [-0.05, 0) is 30.7 Å². The number of benzene rings is 1. The number of carboxylic acids is 1. The van der Waals surface area contributed by atoms with Crippen LogP contribution in [0.1, 0.15) is 20.3 Å². The minimum atomic E-state index is -0.988. The van der Waals surface area contributed by atoms with E-state index >= 15 is 0 Å². The topological polar surface area (TPSA) is 75.6 Å². The maximum Gasteiger partial charge on any atom is 0.344 e. The Hall–Kier alpha value is -2.04. The highest BCUT2D eigenvalue weighted by molar-refractivity contribution is 5.88. The Morgan fingerprint density at radius 1 is 1.35 bits per heavy atom. The molecule has 0 heterocycles. The van der Waals surface area contributed by atoms with Crippen LogP contribution in [0.2, 0.25) is 0 Å². The van der Waals surface area contributed by atoms with Crippen molar-refractivity contribution in [1.29, 1.82) is 0 Å². The number of carboxylic acid groups (broad SMARTS) is 1. The van der Waals surface area contributed by atoms with Gasteiger partial charge < -0.3 is 15.2 Å². The second-order valence-corrected chi connectivity index (χ2v) is 3.56. The van der Waals surface area contributed by atoms with Crippen LogP contribution in [0.15, 0.2) is 24.3 Å². The van der Waals surface area contributed by atoms with E-state index < -0.39 is 12.1 Å². The molecule has 1 aromatic rings. The predicted molar refractivity (Wildman–Crippen MR) is 63.1 cm³/mol. The van der Waals surface area contributed by atoms with E-state index in [2.05, 4.69) is 5.32 Å². The van der Waals surface area contributed by atoms with Crippen molar-refractivity contribution < 1.29 is 19.4 Å². The van der Waals surface area contributed by atoms with E-state index in [1.807, 2.05) is 0 Å². The Morgan fingerprint density at radius 2 is 1.94 bits per heavy atom. The third-order valence-electron chi connectivity index (χ3n) is 2.10. The van der Waals surface area contributed by atoms with Crippen LogP contribution in [0.25, 0.3) is 0 Å². The Balaban J connectivity index is 2.67. The lowest BCUT2D eigenvalue weighted by atomic mass is 10.2. The zero-order valence-electron chi connectivity index (χ0n) is 9.77. The summed E-state index contributed by atoms with van der Waals surface area (Å²) in [6, 6.07) is 6.56. The first-order valence-corrected chi connectivity index (χ1v) is 5.30. The van der Waals surface area contributed by atoms with Crippen molar-refractivity contribution in [3.63, 3.8) is 0 Å². The van der Waals surface area contributed by atoms with E-state index in [1.165, 1.54) is 6.92 Å². The molecule has 1 rings (SSSR count). The van der Waals surface area contributed by atoms with E-state index in [-0.39, 0.29) is 5.91 Å². The van der Waals surface area contributed by atoms with Crippen molar-refractivity contribution in [2.75, 3.05) is 5.32 Å². The molecule has 2 N–H and O–H groups in total. The molecule has 0 saturated heterocycles. The summed E-state index contributed by atoms with van der Waals surface area (Å²) in [4.78, 5) is 21.6. The van der Waals surface area contributed by atoms with Gasteiger partial charge in [0.05, 0.1) is 0 Å². The van der Waals surface area contributed by atoms with E-state index in [1.54, 1.807) is 31.2 Å². The fourth-order valence-corrected chi connectivity index (χ4v) is 1.29. The number of carbonyl (C=O) groups excluding carboxylic acids is 1. The van der Waals surface area contributed by atoms with Crippen LogP contribution in [-0.4, -0.2) is 23.1 Å². The molecule has 1 aromatic carbocycles. The molecule has 0 radical (unpaired) electrons. The van der Waals surface area contributed by atoms with E-state index in [0.717, 1.165) is 0 Å². The van der Waals surface area contributed by atoms with Crippen LogP contribution >= 0.6 is 0 Å². The lowest BCUT2D eigenvalue weighted by Gasteiger charge is -2.13. The Labute approximate surface area is 99.4 Å². The van der Waals surface area contributed by atoms with Crippen molar-refractivity contribution in [3.05, 3.63) is 24.3 Å². The maximum atomic E-state index is 10.8. The van der Waals surface area contributed by atoms with Gasteiger partial charge in [0.1, 0.15) is 5.75 Å². The number of hydrogen-bond donors (Lipinski definition) is 2. The number of carbonyl (C=O) groups is 2. The van der Waals surface area contributed by atoms with Gasteiger partial charge in [0.15, 0.2) is 6.10 Å². The number of ether oxygens (including phenoxy) is 1. The van der Waals surface area contributed by atoms with Crippen LogP contribution in [-0.2, 0) is 9.59 Å². The summed E-state index contributed by atoms with van der Waals surface area (Å²) < 4.78 is 5.27. The lowest BCUT2D eigenvalue weighted by molar-refractivity contribution is -0.145. The van der Waals surface area contributed by atoms with Crippen LogP contribution in [0.5, 0.6) is 5.75 Å². The molecule has 0 saturated carbocycles. The third kappa shape index (κ3) is 4.14. The molecule has 5 nitrogen and oxygen atoms in total. The van der Waals surface area contributed by atoms with E-state index in [9.17, 15) is 9.59 Å². The molecule has 1 unspecified atom stereocenters. The van der Waals surface area contributed by atoms with Crippen molar-refractivity contribution in [1.82, 2.24) is 0 Å². The Bertz CT molecular complexity index is 399. The van der Waals surface area contributed by atoms with Gasteiger partial charge >= 0.3 is 5.97 Å². The first kappa shape index (κ1) is 13.0. The fourth-order valence-electron chi connectivity index (χ4n) is 1.29. The second-order valence-electron chi connectivity index (χ2n) is 3.56. The fraction of sp³-hybridized carbons (Fsp3) is 0.333. The summed E-state index contributed by atoms with van der Waals surface area (Å²) >= 11 is 0. The molecule has 5 heteroatoms. The highest BCUT2D eigenvalue weighted by Crippen LogP contribution is 2.17. The van der Waals surface area contributed by atoms with Crippen LogP contribution in [0.4, 0.5) is 5.69 Å². The molecule has 92 valence electrons. The lowest BCUT2D eigenvalue weighted by Crippen LogP contribution is -2.25. The minimum Gasteiger partial charge on any atom is -0.479 e. The van der Waals surface area contributed by atoms with Crippen molar-refractivity contribution >= 4 is 17.6 Å². The molecular weight excluding hydrogens is 222 g/mol. The van der Waals surface area contributed by atoms with Gasteiger partial charge in [-0.1, -0.05) is 6.92 Å². The SMILES string of the molecule is CCC(Oc1ccc(NC(C)=O)cc1)C(=O)O. The highest BCUT2D eigenvalue weighted by atomic mass is 16.5. The largest absolute Gasteiger partial charge is 0.479 e. The number of anilines is 1. The molecule has 0 fully saturated rings. The predicted octanol–water partition coefficient (Wildman–Crippen LogP) is 1.89. The zero-order valence-corrected chi connectivity index (χ0v) is 9.77. The molecular formula is C12H15NO4. The Morgan fingerprint density at radius 3 is 2.35 bits per heavy atom. The van der Waals surface area contributed by atoms with Crippen molar-refractivity contribution in [2.24, 2.45) is 0 Å². The highest BCUT2D eigenvalue weighted by Gasteiger charge is 2.16. The summed E-state index contributed by atoms with van der Waals surface area (Å²) in [6.45, 7) is 3.16. The average Bonchev–Trinajstić information content (AvgIpc) is 2.26. The third-order valence-corrected chi connectivity index (χ3v) is 2.10. The van der Waals surface area contributed by atoms with Gasteiger partial charge in [-0.15, -0.1) is 0 Å². The standard InChI is InChI=1S/C12H15NO4/c1-3-11(12(15)16)17-10-6-4-9(5-7-10)13-8(2)14/h4-7,11H,3H2,1-2H3,(H,13,14)(H,15,16). The normalized spacial score (nSPS) is 11.6. The molecule has 0 aliphatic carbocycles. The number of aliphatic carboxylic acids is 1. The number of rotatable bonds is 5. The molecule has 0 aliphatic rings. The van der Waals surface area contributed by atoms with Crippen molar-refractivity contribution in [2.45, 2.75) is 26.4 Å². The molecule has 1 atom stereocenters. The van der Waals surface area contributed by atoms with Gasteiger partial charge in [0.25, 0.3) is 0 Å². The van der Waals surface area contributed by atoms with E-state index in [0.29, 0.717) is 17.9 Å². The first-order chi connectivity index (χ1) is 8.02. The molecule has 17 heavy (non-hydrogen) atoms. The molecule has 0 bridgehead atoms. The quantitative estimate of drug-likeness (QED) is 0.819. The average molecular weight is 237 g/mol. The van der Waals surface area contributed by atoms with Gasteiger partial charge in [0, 0.05) is 12.6 Å². The van der Waals surface area contributed by atoms with Gasteiger partial charge in [-0.2, -0.15) is 0 Å². The van der Waals surface area contributed by atoms with Crippen molar-refractivity contribution in [3.8, 4) is 5.75 Å². The summed E-state index contributed by atoms with van der Waals surface area (Å²) in [7, 11) is 0. The summed E-state index contributed by atoms with van der Waals surface area (Å²) in [6.07, 6.45) is -0.454. The summed E-state index contributed by atoms with van der Waals surface area (Å²) in [5, 5.41) is 11.4. The monoisotopic (exact) mass is 237 g/mol. The van der Waals surface area contributed by atoms with Gasteiger partial charge in [-0.25, -0.2) is 4.79 Å². The molecule has 1 amide bonds. The van der Waals surface area contributed by atoms with Gasteiger partial charge in [0.2, 0.25) is 5.91 Å². The van der Waals surface area contributed by atoms with Crippen LogP contribution < -0.4 is 10.1 Å². The van der Waals surface area contributed by atoms with Gasteiger partial charge in [-0.3, -0.25) is 4.79 Å². The number of nitrogens with one attached hydrogen (secondary N) is 1. The Kier molecular flexibility index (Phi) is 4.51. The second kappa shape index (κ2) is 5.89. The zero-order chi connectivity index (χ0) is 12.8. The smallest absolute Gasteiger partial charge is 0.344 e. The van der Waals surface area contributed by atoms with E-state index in [4.69, 9.17) is 9.84 Å². The number of amides is 1.